The fraction of sp³-hybridized carbons (Fsp3) is 0.294. The number of ether oxygens (including phenoxy) is 1. The lowest BCUT2D eigenvalue weighted by molar-refractivity contribution is 0.102. The highest BCUT2D eigenvalue weighted by molar-refractivity contribution is 6.40. The predicted octanol–water partition coefficient (Wildman–Crippen LogP) is 4.23. The van der Waals surface area contributed by atoms with Gasteiger partial charge in [0.15, 0.2) is 0 Å². The standard InChI is InChI=1S/C17H17Cl2N3O2/c18-13-4-1-5-14(19)16(13)22-17(23)15-9-11(6-7-20-15)21-10-12-3-2-8-24-12/h1,4-7,9,12H,2-3,8,10H2,(H,20,21)(H,22,23). The number of rotatable bonds is 5. The molecule has 2 heterocycles. The molecular weight excluding hydrogens is 349 g/mol. The maximum atomic E-state index is 12.4. The highest BCUT2D eigenvalue weighted by Crippen LogP contribution is 2.30. The molecule has 24 heavy (non-hydrogen) atoms. The molecule has 2 N–H and O–H groups in total. The molecule has 7 heteroatoms. The van der Waals surface area contributed by atoms with Gasteiger partial charge in [-0.1, -0.05) is 29.3 Å². The second-order valence-corrected chi connectivity index (χ2v) is 6.31. The highest BCUT2D eigenvalue weighted by atomic mass is 35.5. The molecule has 1 unspecified atom stereocenters. The number of nitrogens with zero attached hydrogens (tertiary/aromatic N) is 1. The number of aromatic nitrogens is 1. The normalized spacial score (nSPS) is 16.8. The Morgan fingerprint density at radius 2 is 2.08 bits per heavy atom. The Kier molecular flexibility index (Phi) is 5.56. The molecule has 1 fully saturated rings. The molecule has 1 aliphatic heterocycles. The molecule has 2 aromatic rings. The summed E-state index contributed by atoms with van der Waals surface area (Å²) in [6, 6.07) is 8.55. The van der Waals surface area contributed by atoms with E-state index in [1.807, 2.05) is 6.07 Å². The second kappa shape index (κ2) is 7.83. The van der Waals surface area contributed by atoms with Crippen LogP contribution in [-0.4, -0.2) is 30.1 Å². The Morgan fingerprint density at radius 3 is 2.79 bits per heavy atom. The van der Waals surface area contributed by atoms with Crippen molar-refractivity contribution >= 4 is 40.5 Å². The van der Waals surface area contributed by atoms with Crippen LogP contribution >= 0.6 is 23.2 Å². The Balaban J connectivity index is 1.67. The molecule has 5 nitrogen and oxygen atoms in total. The van der Waals surface area contributed by atoms with E-state index < -0.39 is 0 Å². The van der Waals surface area contributed by atoms with E-state index >= 15 is 0 Å². The SMILES string of the molecule is O=C(Nc1c(Cl)cccc1Cl)c1cc(NCC2CCCO2)ccn1. The Morgan fingerprint density at radius 1 is 1.29 bits per heavy atom. The van der Waals surface area contributed by atoms with Crippen LogP contribution in [0.25, 0.3) is 0 Å². The molecule has 1 saturated heterocycles. The van der Waals surface area contributed by atoms with E-state index in [0.717, 1.165) is 25.1 Å². The zero-order chi connectivity index (χ0) is 16.9. The summed E-state index contributed by atoms with van der Waals surface area (Å²) >= 11 is 12.1. The van der Waals surface area contributed by atoms with Crippen molar-refractivity contribution in [2.24, 2.45) is 0 Å². The van der Waals surface area contributed by atoms with E-state index in [2.05, 4.69) is 15.6 Å². The number of hydrogen-bond donors (Lipinski definition) is 2. The number of nitrogens with one attached hydrogen (secondary N) is 2. The van der Waals surface area contributed by atoms with Crippen LogP contribution in [0, 0.1) is 0 Å². The number of carbonyl (C=O) groups is 1. The summed E-state index contributed by atoms with van der Waals surface area (Å²) in [5, 5.41) is 6.73. The topological polar surface area (TPSA) is 63.2 Å². The molecule has 3 rings (SSSR count). The predicted molar refractivity (Wildman–Crippen MR) is 96.1 cm³/mol. The first-order valence-electron chi connectivity index (χ1n) is 7.70. The molecule has 0 saturated carbocycles. The van der Waals surface area contributed by atoms with E-state index in [0.29, 0.717) is 22.3 Å². The van der Waals surface area contributed by atoms with E-state index in [9.17, 15) is 4.79 Å². The number of anilines is 2. The fourth-order valence-electron chi connectivity index (χ4n) is 2.50. The van der Waals surface area contributed by atoms with Gasteiger partial charge in [-0.15, -0.1) is 0 Å². The van der Waals surface area contributed by atoms with Gasteiger partial charge < -0.3 is 15.4 Å². The third-order valence-corrected chi connectivity index (χ3v) is 4.38. The van der Waals surface area contributed by atoms with Crippen LogP contribution in [0.2, 0.25) is 10.0 Å². The van der Waals surface area contributed by atoms with Gasteiger partial charge >= 0.3 is 0 Å². The number of halogens is 2. The van der Waals surface area contributed by atoms with E-state index in [4.69, 9.17) is 27.9 Å². The van der Waals surface area contributed by atoms with E-state index in [-0.39, 0.29) is 17.7 Å². The first-order valence-corrected chi connectivity index (χ1v) is 8.46. The van der Waals surface area contributed by atoms with Crippen molar-refractivity contribution in [2.45, 2.75) is 18.9 Å². The molecule has 1 aromatic heterocycles. The van der Waals surface area contributed by atoms with Gasteiger partial charge in [-0.3, -0.25) is 9.78 Å². The minimum absolute atomic E-state index is 0.220. The van der Waals surface area contributed by atoms with Crippen molar-refractivity contribution in [3.8, 4) is 0 Å². The van der Waals surface area contributed by atoms with Gasteiger partial charge in [0.2, 0.25) is 0 Å². The largest absolute Gasteiger partial charge is 0.382 e. The summed E-state index contributed by atoms with van der Waals surface area (Å²) in [4.78, 5) is 16.5. The van der Waals surface area contributed by atoms with Crippen LogP contribution in [-0.2, 0) is 4.74 Å². The minimum Gasteiger partial charge on any atom is -0.382 e. The molecule has 0 radical (unpaired) electrons. The molecule has 1 atom stereocenters. The minimum atomic E-state index is -0.370. The van der Waals surface area contributed by atoms with Gasteiger partial charge in [0.05, 0.1) is 21.8 Å². The molecule has 0 spiro atoms. The van der Waals surface area contributed by atoms with Gasteiger partial charge in [0, 0.05) is 25.0 Å². The number of para-hydroxylation sites is 1. The second-order valence-electron chi connectivity index (χ2n) is 5.50. The van der Waals surface area contributed by atoms with Crippen LogP contribution in [0.5, 0.6) is 0 Å². The summed E-state index contributed by atoms with van der Waals surface area (Å²) in [5.74, 6) is -0.370. The fourth-order valence-corrected chi connectivity index (χ4v) is 2.99. The molecule has 1 amide bonds. The highest BCUT2D eigenvalue weighted by Gasteiger charge is 2.16. The molecule has 126 valence electrons. The van der Waals surface area contributed by atoms with Gasteiger partial charge in [-0.05, 0) is 37.1 Å². The number of benzene rings is 1. The quantitative estimate of drug-likeness (QED) is 0.831. The van der Waals surface area contributed by atoms with Crippen molar-refractivity contribution in [1.29, 1.82) is 0 Å². The van der Waals surface area contributed by atoms with Crippen molar-refractivity contribution in [1.82, 2.24) is 4.98 Å². The zero-order valence-electron chi connectivity index (χ0n) is 12.9. The van der Waals surface area contributed by atoms with Crippen molar-refractivity contribution in [3.63, 3.8) is 0 Å². The average molecular weight is 366 g/mol. The van der Waals surface area contributed by atoms with Crippen molar-refractivity contribution in [2.75, 3.05) is 23.8 Å². The van der Waals surface area contributed by atoms with Crippen LogP contribution in [0.4, 0.5) is 11.4 Å². The Labute approximate surface area is 150 Å². The van der Waals surface area contributed by atoms with Gasteiger partial charge in [-0.2, -0.15) is 0 Å². The first kappa shape index (κ1) is 17.0. The molecule has 1 aromatic carbocycles. The van der Waals surface area contributed by atoms with Gasteiger partial charge in [-0.25, -0.2) is 0 Å². The molecular formula is C17H17Cl2N3O2. The maximum Gasteiger partial charge on any atom is 0.274 e. The van der Waals surface area contributed by atoms with Crippen LogP contribution < -0.4 is 10.6 Å². The number of carbonyl (C=O) groups excluding carboxylic acids is 1. The number of hydrogen-bond acceptors (Lipinski definition) is 4. The van der Waals surface area contributed by atoms with Crippen LogP contribution in [0.15, 0.2) is 36.5 Å². The summed E-state index contributed by atoms with van der Waals surface area (Å²) in [6.07, 6.45) is 3.95. The first-order chi connectivity index (χ1) is 11.6. The summed E-state index contributed by atoms with van der Waals surface area (Å²) in [7, 11) is 0. The molecule has 0 bridgehead atoms. The summed E-state index contributed by atoms with van der Waals surface area (Å²) < 4.78 is 5.57. The van der Waals surface area contributed by atoms with Crippen molar-refractivity contribution < 1.29 is 9.53 Å². The number of amides is 1. The summed E-state index contributed by atoms with van der Waals surface area (Å²) in [6.45, 7) is 1.52. The van der Waals surface area contributed by atoms with Gasteiger partial charge in [0.25, 0.3) is 5.91 Å². The third-order valence-electron chi connectivity index (χ3n) is 3.75. The summed E-state index contributed by atoms with van der Waals surface area (Å²) in [5.41, 5.74) is 1.48. The number of pyridine rings is 1. The maximum absolute atomic E-state index is 12.4. The molecule has 0 aliphatic carbocycles. The lowest BCUT2D eigenvalue weighted by Gasteiger charge is -2.13. The van der Waals surface area contributed by atoms with Crippen molar-refractivity contribution in [3.05, 3.63) is 52.3 Å². The lowest BCUT2D eigenvalue weighted by Crippen LogP contribution is -2.19. The van der Waals surface area contributed by atoms with Gasteiger partial charge in [0.1, 0.15) is 5.69 Å². The van der Waals surface area contributed by atoms with E-state index in [1.165, 1.54) is 0 Å². The Hall–Kier alpha value is -1.82. The van der Waals surface area contributed by atoms with Crippen LogP contribution in [0.3, 0.4) is 0 Å². The third kappa shape index (κ3) is 4.17. The average Bonchev–Trinajstić information content (AvgIpc) is 3.10. The molecule has 1 aliphatic rings. The smallest absolute Gasteiger partial charge is 0.274 e. The Bertz CT molecular complexity index is 713. The monoisotopic (exact) mass is 365 g/mol. The lowest BCUT2D eigenvalue weighted by atomic mass is 10.2. The van der Waals surface area contributed by atoms with Crippen LogP contribution in [0.1, 0.15) is 23.3 Å². The van der Waals surface area contributed by atoms with E-state index in [1.54, 1.807) is 30.5 Å². The zero-order valence-corrected chi connectivity index (χ0v) is 14.4.